The molecular weight excluding hydrogens is 474 g/mol. The van der Waals surface area contributed by atoms with Gasteiger partial charge in [0.15, 0.2) is 5.78 Å². The first-order valence-corrected chi connectivity index (χ1v) is 12.6. The molecule has 8 heteroatoms. The Morgan fingerprint density at radius 1 is 0.861 bits per heavy atom. The molecule has 4 aromatic rings. The van der Waals surface area contributed by atoms with Crippen LogP contribution in [-0.4, -0.2) is 41.9 Å². The van der Waals surface area contributed by atoms with Gasteiger partial charge in [0.1, 0.15) is 11.6 Å². The van der Waals surface area contributed by atoms with E-state index in [1.165, 1.54) is 5.69 Å². The van der Waals surface area contributed by atoms with Crippen LogP contribution in [0.5, 0.6) is 0 Å². The summed E-state index contributed by atoms with van der Waals surface area (Å²) in [6, 6.07) is 21.6. The Morgan fingerprint density at radius 2 is 1.61 bits per heavy atom. The molecule has 1 atom stereocenters. The second-order valence-electron chi connectivity index (χ2n) is 9.18. The predicted octanol–water partition coefficient (Wildman–Crippen LogP) is 5.71. The Balaban J connectivity index is 1.32. The van der Waals surface area contributed by atoms with Gasteiger partial charge in [0.05, 0.1) is 17.5 Å². The Morgan fingerprint density at radius 3 is 2.33 bits per heavy atom. The third-order valence-electron chi connectivity index (χ3n) is 6.86. The summed E-state index contributed by atoms with van der Waals surface area (Å²) in [7, 11) is 0. The molecule has 0 radical (unpaired) electrons. The summed E-state index contributed by atoms with van der Waals surface area (Å²) >= 11 is 6.07. The number of hydrogen-bond acceptors (Lipinski definition) is 7. The Hall–Kier alpha value is -3.84. The normalized spacial score (nSPS) is 17.7. The van der Waals surface area contributed by atoms with Crippen LogP contribution in [0.2, 0.25) is 5.02 Å². The monoisotopic (exact) mass is 499 g/mol. The van der Waals surface area contributed by atoms with E-state index in [1.807, 2.05) is 42.5 Å². The third kappa shape index (κ3) is 4.54. The van der Waals surface area contributed by atoms with Crippen molar-refractivity contribution in [1.82, 2.24) is 9.97 Å². The highest BCUT2D eigenvalue weighted by molar-refractivity contribution is 6.30. The van der Waals surface area contributed by atoms with Crippen LogP contribution in [0.15, 0.2) is 77.4 Å². The van der Waals surface area contributed by atoms with Crippen molar-refractivity contribution < 1.29 is 9.21 Å². The number of halogens is 1. The van der Waals surface area contributed by atoms with Gasteiger partial charge >= 0.3 is 0 Å². The van der Waals surface area contributed by atoms with E-state index in [0.717, 1.165) is 43.3 Å². The Labute approximate surface area is 214 Å². The maximum atomic E-state index is 13.3. The zero-order valence-electron chi connectivity index (χ0n) is 19.7. The van der Waals surface area contributed by atoms with Gasteiger partial charge < -0.3 is 19.5 Å². The molecule has 1 fully saturated rings. The number of para-hydroxylation sites is 1. The lowest BCUT2D eigenvalue weighted by Crippen LogP contribution is -2.47. The van der Waals surface area contributed by atoms with Crippen LogP contribution in [0.25, 0.3) is 0 Å². The number of ketones is 1. The zero-order chi connectivity index (χ0) is 24.5. The fraction of sp³-hybridized carbons (Fsp3) is 0.250. The molecule has 1 aliphatic carbocycles. The lowest BCUT2D eigenvalue weighted by molar-refractivity contribution is 0.0959. The number of nitrogens with one attached hydrogen (secondary N) is 1. The van der Waals surface area contributed by atoms with E-state index in [0.29, 0.717) is 35.2 Å². The summed E-state index contributed by atoms with van der Waals surface area (Å²) in [5, 5.41) is 4.01. The molecule has 0 saturated carbocycles. The highest BCUT2D eigenvalue weighted by Crippen LogP contribution is 2.37. The lowest BCUT2D eigenvalue weighted by Gasteiger charge is -2.36. The molecule has 1 unspecified atom stereocenters. The number of hydrogen-bond donors (Lipinski definition) is 1. The number of benzene rings is 2. The van der Waals surface area contributed by atoms with E-state index in [1.54, 1.807) is 6.26 Å². The van der Waals surface area contributed by atoms with Gasteiger partial charge in [-0.15, -0.1) is 0 Å². The van der Waals surface area contributed by atoms with Crippen LogP contribution < -0.4 is 15.1 Å². The molecule has 7 nitrogen and oxygen atoms in total. The van der Waals surface area contributed by atoms with Gasteiger partial charge in [-0.05, 0) is 48.5 Å². The standard InChI is InChI=1S/C28H26ClN5O2/c29-20-8-10-21(11-9-20)30-27-26-23(17-19(18-24(26)35)25-7-4-16-36-25)31-28(32-27)34-14-12-33(13-15-34)22-5-2-1-3-6-22/h1-11,16,19H,12-15,17-18H2,(H,30,31,32). The van der Waals surface area contributed by atoms with Crippen LogP contribution in [0.1, 0.15) is 34.2 Å². The smallest absolute Gasteiger partial charge is 0.227 e. The average Bonchev–Trinajstić information content (AvgIpc) is 3.45. The molecule has 36 heavy (non-hydrogen) atoms. The number of Topliss-reactive ketones (excluding diaryl/α,β-unsaturated/α-hetero) is 1. The first-order valence-electron chi connectivity index (χ1n) is 12.2. The maximum Gasteiger partial charge on any atom is 0.227 e. The number of anilines is 4. The van der Waals surface area contributed by atoms with E-state index in [-0.39, 0.29) is 11.7 Å². The molecule has 0 spiro atoms. The highest BCUT2D eigenvalue weighted by atomic mass is 35.5. The summed E-state index contributed by atoms with van der Waals surface area (Å²) in [4.78, 5) is 27.7. The van der Waals surface area contributed by atoms with Crippen LogP contribution in [-0.2, 0) is 6.42 Å². The second kappa shape index (κ2) is 9.66. The number of fused-ring (bicyclic) bond motifs is 1. The second-order valence-corrected chi connectivity index (χ2v) is 9.62. The number of carbonyl (C=O) groups excluding carboxylic acids is 1. The topological polar surface area (TPSA) is 74.5 Å². The van der Waals surface area contributed by atoms with Crippen molar-refractivity contribution in [3.8, 4) is 0 Å². The van der Waals surface area contributed by atoms with Gasteiger partial charge in [-0.25, -0.2) is 4.98 Å². The van der Waals surface area contributed by atoms with Gasteiger partial charge in [-0.1, -0.05) is 29.8 Å². The number of nitrogens with zero attached hydrogens (tertiary/aromatic N) is 4. The zero-order valence-corrected chi connectivity index (χ0v) is 20.5. The first-order chi connectivity index (χ1) is 17.6. The van der Waals surface area contributed by atoms with Crippen LogP contribution >= 0.6 is 11.6 Å². The number of aromatic nitrogens is 2. The van der Waals surface area contributed by atoms with E-state index in [4.69, 9.17) is 26.0 Å². The van der Waals surface area contributed by atoms with Crippen LogP contribution in [0.4, 0.5) is 23.1 Å². The quantitative estimate of drug-likeness (QED) is 0.377. The van der Waals surface area contributed by atoms with Crippen molar-refractivity contribution in [1.29, 1.82) is 0 Å². The molecule has 0 bridgehead atoms. The average molecular weight is 500 g/mol. The van der Waals surface area contributed by atoms with Crippen LogP contribution in [0.3, 0.4) is 0 Å². The summed E-state index contributed by atoms with van der Waals surface area (Å²) in [5.74, 6) is 2.00. The molecule has 2 aromatic heterocycles. The molecule has 1 N–H and O–H groups in total. The first kappa shape index (κ1) is 22.6. The summed E-state index contributed by atoms with van der Waals surface area (Å²) in [5.41, 5.74) is 3.38. The number of piperazine rings is 1. The minimum atomic E-state index is -0.0268. The SMILES string of the molecule is O=C1CC(c2ccco2)Cc2nc(N3CCN(c4ccccc4)CC3)nc(Nc3ccc(Cl)cc3)c21. The summed E-state index contributed by atoms with van der Waals surface area (Å²) < 4.78 is 5.63. The molecule has 1 saturated heterocycles. The largest absolute Gasteiger partial charge is 0.469 e. The van der Waals surface area contributed by atoms with Gasteiger partial charge in [0.25, 0.3) is 0 Å². The number of carbonyl (C=O) groups is 1. The minimum absolute atomic E-state index is 0.0227. The highest BCUT2D eigenvalue weighted by Gasteiger charge is 2.33. The molecule has 3 heterocycles. The van der Waals surface area contributed by atoms with Crippen molar-refractivity contribution >= 4 is 40.5 Å². The molecule has 1 aliphatic heterocycles. The molecule has 2 aliphatic rings. The summed E-state index contributed by atoms with van der Waals surface area (Å²) in [6.45, 7) is 3.34. The predicted molar refractivity (Wildman–Crippen MR) is 142 cm³/mol. The molecule has 0 amide bonds. The third-order valence-corrected chi connectivity index (χ3v) is 7.11. The van der Waals surface area contributed by atoms with E-state index in [9.17, 15) is 4.79 Å². The number of rotatable bonds is 5. The Bertz CT molecular complexity index is 1350. The van der Waals surface area contributed by atoms with Crippen molar-refractivity contribution in [2.45, 2.75) is 18.8 Å². The van der Waals surface area contributed by atoms with Gasteiger partial charge in [0, 0.05) is 61.3 Å². The summed E-state index contributed by atoms with van der Waals surface area (Å²) in [6.07, 6.45) is 2.65. The van der Waals surface area contributed by atoms with Crippen molar-refractivity contribution in [3.05, 3.63) is 95.0 Å². The van der Waals surface area contributed by atoms with Gasteiger partial charge in [0.2, 0.25) is 5.95 Å². The number of furan rings is 1. The van der Waals surface area contributed by atoms with Crippen molar-refractivity contribution in [3.63, 3.8) is 0 Å². The van der Waals surface area contributed by atoms with Gasteiger partial charge in [-0.3, -0.25) is 4.79 Å². The molecule has 2 aromatic carbocycles. The lowest BCUT2D eigenvalue weighted by atomic mass is 9.84. The van der Waals surface area contributed by atoms with Crippen LogP contribution in [0, 0.1) is 0 Å². The maximum absolute atomic E-state index is 13.3. The minimum Gasteiger partial charge on any atom is -0.469 e. The van der Waals surface area contributed by atoms with E-state index in [2.05, 4.69) is 39.4 Å². The van der Waals surface area contributed by atoms with E-state index >= 15 is 0 Å². The van der Waals surface area contributed by atoms with Crippen molar-refractivity contribution in [2.75, 3.05) is 41.3 Å². The van der Waals surface area contributed by atoms with Crippen molar-refractivity contribution in [2.24, 2.45) is 0 Å². The van der Waals surface area contributed by atoms with E-state index < -0.39 is 0 Å². The van der Waals surface area contributed by atoms with Gasteiger partial charge in [-0.2, -0.15) is 4.98 Å². The fourth-order valence-corrected chi connectivity index (χ4v) is 5.12. The fourth-order valence-electron chi connectivity index (χ4n) is 5.00. The molecule has 182 valence electrons. The molecular formula is C28H26ClN5O2. The Kier molecular flexibility index (Phi) is 6.07. The molecule has 6 rings (SSSR count).